The van der Waals surface area contributed by atoms with Crippen molar-refractivity contribution in [2.75, 3.05) is 7.05 Å². The van der Waals surface area contributed by atoms with Crippen molar-refractivity contribution >= 4 is 26.0 Å². The molecular formula is CH10N4O2P2S. The second-order valence-corrected chi connectivity index (χ2v) is 6.76. The molecule has 6 nitrogen and oxygen atoms in total. The van der Waals surface area contributed by atoms with Crippen LogP contribution in [0.25, 0.3) is 0 Å². The highest BCUT2D eigenvalue weighted by atomic mass is 32.5. The number of nitrogens with two attached hydrogens (primary N) is 3. The van der Waals surface area contributed by atoms with Gasteiger partial charge in [-0.3, -0.25) is 15.2 Å². The Morgan fingerprint density at radius 2 is 1.90 bits per heavy atom. The van der Waals surface area contributed by atoms with E-state index in [2.05, 4.69) is 21.2 Å². The van der Waals surface area contributed by atoms with Gasteiger partial charge in [-0.2, -0.15) is 0 Å². The third-order valence-electron chi connectivity index (χ3n) is 0.561. The highest BCUT2D eigenvalue weighted by molar-refractivity contribution is 8.11. The van der Waals surface area contributed by atoms with E-state index < -0.39 is 14.2 Å². The van der Waals surface area contributed by atoms with Gasteiger partial charge in [0.25, 0.3) is 0 Å². The first-order valence-electron chi connectivity index (χ1n) is 2.23. The Labute approximate surface area is 64.2 Å². The van der Waals surface area contributed by atoms with E-state index in [4.69, 9.17) is 16.5 Å². The number of rotatable bonds is 3. The highest BCUT2D eigenvalue weighted by Gasteiger charge is 2.18. The van der Waals surface area contributed by atoms with Crippen LogP contribution in [-0.4, -0.2) is 7.05 Å². The van der Waals surface area contributed by atoms with Gasteiger partial charge in [0.1, 0.15) is 0 Å². The minimum atomic E-state index is -3.55. The normalized spacial score (nSPS) is 18.4. The SMILES string of the molecule is CNP(N)(=S)OP(N)(N)=O. The predicted molar refractivity (Wildman–Crippen MR) is 44.6 cm³/mol. The second kappa shape index (κ2) is 3.38. The summed E-state index contributed by atoms with van der Waals surface area (Å²) in [5, 5.41) is 2.45. The first-order valence-corrected chi connectivity index (χ1v) is 6.78. The van der Waals surface area contributed by atoms with E-state index in [1.54, 1.807) is 0 Å². The van der Waals surface area contributed by atoms with Gasteiger partial charge in [0.2, 0.25) is 6.57 Å². The molecule has 7 N–H and O–H groups in total. The van der Waals surface area contributed by atoms with Gasteiger partial charge in [-0.05, 0) is 18.9 Å². The van der Waals surface area contributed by atoms with Gasteiger partial charge in [-0.15, -0.1) is 0 Å². The van der Waals surface area contributed by atoms with Crippen molar-refractivity contribution in [2.45, 2.75) is 0 Å². The highest BCUT2D eigenvalue weighted by Crippen LogP contribution is 2.47. The van der Waals surface area contributed by atoms with Gasteiger partial charge >= 0.3 is 7.67 Å². The fourth-order valence-corrected chi connectivity index (χ4v) is 3.01. The third kappa shape index (κ3) is 5.46. The topological polar surface area (TPSA) is 116 Å². The molecule has 0 aromatic rings. The van der Waals surface area contributed by atoms with E-state index >= 15 is 0 Å². The molecule has 0 aromatic carbocycles. The average Bonchev–Trinajstić information content (AvgIpc) is 1.60. The predicted octanol–water partition coefficient (Wildman–Crippen LogP) is -0.569. The van der Waals surface area contributed by atoms with Crippen LogP contribution in [0.5, 0.6) is 0 Å². The fraction of sp³-hybridized carbons (Fsp3) is 1.00. The molecule has 0 saturated carbocycles. The molecule has 0 aliphatic carbocycles. The Bertz CT molecular complexity index is 199. The van der Waals surface area contributed by atoms with Gasteiger partial charge in [0, 0.05) is 0 Å². The smallest absolute Gasteiger partial charge is 0.269 e. The molecule has 0 radical (unpaired) electrons. The molecule has 9 heteroatoms. The van der Waals surface area contributed by atoms with Gasteiger partial charge < -0.3 is 0 Å². The zero-order valence-corrected chi connectivity index (χ0v) is 7.96. The molecule has 0 saturated heterocycles. The first-order chi connectivity index (χ1) is 4.27. The Morgan fingerprint density at radius 1 is 1.50 bits per heavy atom. The van der Waals surface area contributed by atoms with Crippen molar-refractivity contribution in [1.29, 1.82) is 0 Å². The largest absolute Gasteiger partial charge is 0.341 e. The van der Waals surface area contributed by atoms with Gasteiger partial charge in [-0.1, -0.05) is 0 Å². The zero-order chi connectivity index (χ0) is 8.41. The first kappa shape index (κ1) is 10.7. The zero-order valence-electron chi connectivity index (χ0n) is 5.35. The summed E-state index contributed by atoms with van der Waals surface area (Å²) < 4.78 is 15.0. The standard InChI is InChI=1S/CH10N4O2P2S/c1-5-9(4,10)7-8(2,3)6/h1H3,(H4,2,3,6)(H3,4,5,10). The van der Waals surface area contributed by atoms with E-state index in [1.807, 2.05) is 0 Å². The average molecular weight is 204 g/mol. The van der Waals surface area contributed by atoms with Crippen LogP contribution < -0.4 is 21.6 Å². The number of hydrogen-bond acceptors (Lipinski definition) is 3. The summed E-state index contributed by atoms with van der Waals surface area (Å²) in [5.74, 6) is 0. The Kier molecular flexibility index (Phi) is 3.61. The summed E-state index contributed by atoms with van der Waals surface area (Å²) in [6, 6.07) is 0. The maximum Gasteiger partial charge on any atom is 0.341 e. The summed E-state index contributed by atoms with van der Waals surface area (Å²) in [4.78, 5) is 0. The molecule has 10 heavy (non-hydrogen) atoms. The van der Waals surface area contributed by atoms with E-state index in [0.717, 1.165) is 0 Å². The minimum Gasteiger partial charge on any atom is -0.269 e. The number of hydrogen-bond donors (Lipinski definition) is 4. The lowest BCUT2D eigenvalue weighted by Gasteiger charge is -2.17. The van der Waals surface area contributed by atoms with Crippen LogP contribution in [0.3, 0.4) is 0 Å². The lowest BCUT2D eigenvalue weighted by molar-refractivity contribution is 0.502. The molecule has 0 aromatic heterocycles. The van der Waals surface area contributed by atoms with E-state index in [9.17, 15) is 4.57 Å². The van der Waals surface area contributed by atoms with Crippen molar-refractivity contribution < 1.29 is 8.88 Å². The lowest BCUT2D eigenvalue weighted by Crippen LogP contribution is -2.17. The Hall–Kier alpha value is 0.680. The molecule has 0 rings (SSSR count). The number of nitrogens with one attached hydrogen (secondary N) is 1. The molecular weight excluding hydrogens is 194 g/mol. The van der Waals surface area contributed by atoms with Crippen LogP contribution in [0.2, 0.25) is 0 Å². The fourth-order valence-electron chi connectivity index (χ4n) is 0.230. The van der Waals surface area contributed by atoms with Gasteiger partial charge in [0.15, 0.2) is 0 Å². The molecule has 62 valence electrons. The quantitative estimate of drug-likeness (QED) is 0.455. The molecule has 0 aliphatic rings. The Balaban J connectivity index is 4.17. The van der Waals surface area contributed by atoms with Crippen LogP contribution in [0.4, 0.5) is 0 Å². The monoisotopic (exact) mass is 204 g/mol. The van der Waals surface area contributed by atoms with Gasteiger partial charge in [0.05, 0.1) is 0 Å². The van der Waals surface area contributed by atoms with Crippen LogP contribution in [0.15, 0.2) is 0 Å². The summed E-state index contributed by atoms with van der Waals surface area (Å²) in [6.07, 6.45) is 0. The molecule has 0 heterocycles. The van der Waals surface area contributed by atoms with Crippen molar-refractivity contribution in [2.24, 2.45) is 16.5 Å². The third-order valence-corrected chi connectivity index (χ3v) is 4.32. The molecule has 0 spiro atoms. The minimum absolute atomic E-state index is 1.48. The molecule has 1 unspecified atom stereocenters. The van der Waals surface area contributed by atoms with Crippen molar-refractivity contribution in [3.63, 3.8) is 0 Å². The maximum atomic E-state index is 10.6. The summed E-state index contributed by atoms with van der Waals surface area (Å²) in [6.45, 7) is -2.72. The van der Waals surface area contributed by atoms with Gasteiger partial charge in [-0.25, -0.2) is 15.3 Å². The molecule has 0 bridgehead atoms. The van der Waals surface area contributed by atoms with Crippen LogP contribution in [0, 0.1) is 0 Å². The van der Waals surface area contributed by atoms with Crippen molar-refractivity contribution in [3.05, 3.63) is 0 Å². The summed E-state index contributed by atoms with van der Waals surface area (Å²) in [5.41, 5.74) is 15.0. The summed E-state index contributed by atoms with van der Waals surface area (Å²) >= 11 is 4.62. The molecule has 0 amide bonds. The maximum absolute atomic E-state index is 10.6. The van der Waals surface area contributed by atoms with Crippen molar-refractivity contribution in [3.8, 4) is 0 Å². The molecule has 0 aliphatic heterocycles. The van der Waals surface area contributed by atoms with Crippen molar-refractivity contribution in [1.82, 2.24) is 5.09 Å². The van der Waals surface area contributed by atoms with Crippen LogP contribution >= 0.6 is 14.2 Å². The molecule has 1 atom stereocenters. The summed E-state index contributed by atoms with van der Waals surface area (Å²) in [7, 11) is -2.06. The lowest BCUT2D eigenvalue weighted by atomic mass is 11.6. The van der Waals surface area contributed by atoms with Crippen LogP contribution in [-0.2, 0) is 20.7 Å². The van der Waals surface area contributed by atoms with E-state index in [0.29, 0.717) is 0 Å². The van der Waals surface area contributed by atoms with E-state index in [1.165, 1.54) is 7.05 Å². The second-order valence-electron chi connectivity index (χ2n) is 1.55. The van der Waals surface area contributed by atoms with E-state index in [-0.39, 0.29) is 0 Å². The Morgan fingerprint density at radius 3 is 2.00 bits per heavy atom. The van der Waals surface area contributed by atoms with Crippen LogP contribution in [0.1, 0.15) is 0 Å². The molecule has 0 fully saturated rings.